The smallest absolute Gasteiger partial charge is 0.309 e. The Morgan fingerprint density at radius 1 is 1.56 bits per heavy atom. The van der Waals surface area contributed by atoms with Crippen molar-refractivity contribution in [1.29, 1.82) is 0 Å². The van der Waals surface area contributed by atoms with Crippen molar-refractivity contribution in [3.63, 3.8) is 0 Å². The second kappa shape index (κ2) is 3.61. The first-order valence-electron chi connectivity index (χ1n) is 4.41. The highest BCUT2D eigenvalue weighted by Gasteiger charge is 2.17. The molecule has 1 aromatic carbocycles. The minimum atomic E-state index is -1.02. The third kappa shape index (κ3) is 1.58. The second-order valence-electron chi connectivity index (χ2n) is 3.20. The maximum atomic E-state index is 10.7. The largest absolute Gasteiger partial charge is 0.481 e. The molecule has 7 nitrogen and oxygen atoms in total. The van der Waals surface area contributed by atoms with Crippen molar-refractivity contribution in [2.45, 2.75) is 6.42 Å². The third-order valence-electron chi connectivity index (χ3n) is 2.17. The number of nitrogens with one attached hydrogen (secondary N) is 1. The number of nitro benzene ring substituents is 1. The van der Waals surface area contributed by atoms with Crippen molar-refractivity contribution in [2.75, 3.05) is 0 Å². The molecule has 0 aliphatic heterocycles. The normalized spacial score (nSPS) is 10.5. The molecule has 16 heavy (non-hydrogen) atoms. The van der Waals surface area contributed by atoms with Gasteiger partial charge in [-0.2, -0.15) is 5.10 Å². The van der Waals surface area contributed by atoms with E-state index in [-0.39, 0.29) is 17.6 Å². The molecule has 0 atom stereocenters. The third-order valence-corrected chi connectivity index (χ3v) is 2.17. The molecule has 0 saturated carbocycles. The van der Waals surface area contributed by atoms with Crippen LogP contribution in [0.25, 0.3) is 10.9 Å². The van der Waals surface area contributed by atoms with Gasteiger partial charge in [-0.3, -0.25) is 20.0 Å². The molecule has 2 N–H and O–H groups in total. The lowest BCUT2D eigenvalue weighted by Gasteiger charge is -1.93. The summed E-state index contributed by atoms with van der Waals surface area (Å²) in [6.07, 6.45) is -0.238. The number of H-pyrrole nitrogens is 1. The van der Waals surface area contributed by atoms with Crippen LogP contribution in [0.15, 0.2) is 18.2 Å². The summed E-state index contributed by atoms with van der Waals surface area (Å²) in [5, 5.41) is 26.1. The van der Waals surface area contributed by atoms with E-state index in [9.17, 15) is 14.9 Å². The van der Waals surface area contributed by atoms with Gasteiger partial charge in [-0.15, -0.1) is 0 Å². The van der Waals surface area contributed by atoms with E-state index in [0.717, 1.165) is 0 Å². The number of hydrogen-bond acceptors (Lipinski definition) is 4. The van der Waals surface area contributed by atoms with E-state index in [1.54, 1.807) is 6.07 Å². The number of fused-ring (bicyclic) bond motifs is 1. The van der Waals surface area contributed by atoms with E-state index in [4.69, 9.17) is 5.11 Å². The van der Waals surface area contributed by atoms with Gasteiger partial charge in [-0.05, 0) is 0 Å². The lowest BCUT2D eigenvalue weighted by Crippen LogP contribution is -2.00. The molecule has 2 aromatic rings. The van der Waals surface area contributed by atoms with E-state index in [2.05, 4.69) is 10.2 Å². The summed E-state index contributed by atoms with van der Waals surface area (Å²) >= 11 is 0. The van der Waals surface area contributed by atoms with E-state index < -0.39 is 10.9 Å². The number of aromatic amines is 1. The van der Waals surface area contributed by atoms with Crippen molar-refractivity contribution in [1.82, 2.24) is 10.2 Å². The van der Waals surface area contributed by atoms with Crippen LogP contribution >= 0.6 is 0 Å². The summed E-state index contributed by atoms with van der Waals surface area (Å²) < 4.78 is 0. The van der Waals surface area contributed by atoms with Crippen molar-refractivity contribution >= 4 is 22.6 Å². The number of para-hydroxylation sites is 1. The number of nitro groups is 1. The van der Waals surface area contributed by atoms with Crippen LogP contribution < -0.4 is 0 Å². The monoisotopic (exact) mass is 221 g/mol. The van der Waals surface area contributed by atoms with Gasteiger partial charge in [0.15, 0.2) is 5.52 Å². The van der Waals surface area contributed by atoms with Crippen LogP contribution in [0.1, 0.15) is 5.69 Å². The van der Waals surface area contributed by atoms with Gasteiger partial charge in [-0.25, -0.2) is 0 Å². The van der Waals surface area contributed by atoms with Crippen molar-refractivity contribution in [2.24, 2.45) is 0 Å². The van der Waals surface area contributed by atoms with Gasteiger partial charge in [0.2, 0.25) is 0 Å². The molecule has 0 fully saturated rings. The second-order valence-corrected chi connectivity index (χ2v) is 3.20. The lowest BCUT2D eigenvalue weighted by atomic mass is 10.1. The number of non-ortho nitro benzene ring substituents is 1. The van der Waals surface area contributed by atoms with E-state index in [0.29, 0.717) is 11.1 Å². The average molecular weight is 221 g/mol. The fourth-order valence-corrected chi connectivity index (χ4v) is 1.51. The zero-order valence-electron chi connectivity index (χ0n) is 8.01. The zero-order chi connectivity index (χ0) is 11.7. The molecule has 0 bridgehead atoms. The van der Waals surface area contributed by atoms with Gasteiger partial charge in [0.1, 0.15) is 0 Å². The Balaban J connectivity index is 2.61. The molecule has 0 aliphatic carbocycles. The first kappa shape index (κ1) is 10.1. The van der Waals surface area contributed by atoms with Gasteiger partial charge in [0, 0.05) is 11.5 Å². The van der Waals surface area contributed by atoms with E-state index in [1.165, 1.54) is 12.1 Å². The summed E-state index contributed by atoms with van der Waals surface area (Å²) in [5.41, 5.74) is 0.417. The van der Waals surface area contributed by atoms with Crippen LogP contribution in [0.3, 0.4) is 0 Å². The number of carboxylic acids is 1. The predicted octanol–water partition coefficient (Wildman–Crippen LogP) is 1.10. The molecule has 1 heterocycles. The first-order valence-corrected chi connectivity index (χ1v) is 4.41. The van der Waals surface area contributed by atoms with Gasteiger partial charge in [-0.1, -0.05) is 12.1 Å². The molecule has 7 heteroatoms. The van der Waals surface area contributed by atoms with Gasteiger partial charge in [0.05, 0.1) is 17.0 Å². The maximum absolute atomic E-state index is 10.7. The standard InChI is InChI=1S/C9H7N3O4/c13-8(14)4-6-5-2-1-3-7(12(15)16)9(5)11-10-6/h1-3H,4H2,(H,10,11)(H,13,14). The molecule has 2 rings (SSSR count). The van der Waals surface area contributed by atoms with Crippen molar-refractivity contribution in [3.05, 3.63) is 34.0 Å². The Bertz CT molecular complexity index is 575. The number of benzene rings is 1. The SMILES string of the molecule is O=C(O)Cc1[nH]nc2c([N+](=O)[O-])cccc12. The molecular formula is C9H7N3O4. The minimum absolute atomic E-state index is 0.134. The quantitative estimate of drug-likeness (QED) is 0.595. The molecule has 0 saturated heterocycles. The first-order chi connectivity index (χ1) is 7.59. The number of rotatable bonds is 3. The molecule has 0 unspecified atom stereocenters. The summed E-state index contributed by atoms with van der Waals surface area (Å²) in [6, 6.07) is 4.43. The van der Waals surface area contributed by atoms with Gasteiger partial charge >= 0.3 is 5.97 Å². The summed E-state index contributed by atoms with van der Waals surface area (Å²) in [6.45, 7) is 0. The van der Waals surface area contributed by atoms with Crippen molar-refractivity contribution in [3.8, 4) is 0 Å². The summed E-state index contributed by atoms with van der Waals surface area (Å²) in [7, 11) is 0. The van der Waals surface area contributed by atoms with E-state index in [1.807, 2.05) is 0 Å². The fraction of sp³-hybridized carbons (Fsp3) is 0.111. The topological polar surface area (TPSA) is 109 Å². The molecular weight excluding hydrogens is 214 g/mol. The number of carbonyl (C=O) groups is 1. The Morgan fingerprint density at radius 3 is 2.94 bits per heavy atom. The zero-order valence-corrected chi connectivity index (χ0v) is 8.01. The van der Waals surface area contributed by atoms with Crippen LogP contribution in [0.4, 0.5) is 5.69 Å². The molecule has 0 radical (unpaired) electrons. The molecule has 82 valence electrons. The molecule has 1 aromatic heterocycles. The number of nitrogens with zero attached hydrogens (tertiary/aromatic N) is 2. The van der Waals surface area contributed by atoms with Crippen LogP contribution in [0.2, 0.25) is 0 Å². The van der Waals surface area contributed by atoms with Crippen LogP contribution in [-0.2, 0) is 11.2 Å². The number of hydrogen-bond donors (Lipinski definition) is 2. The number of aromatic nitrogens is 2. The summed E-state index contributed by atoms with van der Waals surface area (Å²) in [4.78, 5) is 20.7. The Morgan fingerprint density at radius 2 is 2.31 bits per heavy atom. The Labute approximate surface area is 88.8 Å². The number of carboxylic acid groups (broad SMARTS) is 1. The van der Waals surface area contributed by atoms with Crippen LogP contribution in [0.5, 0.6) is 0 Å². The molecule has 0 aliphatic rings. The maximum Gasteiger partial charge on any atom is 0.309 e. The average Bonchev–Trinajstić information content (AvgIpc) is 2.60. The number of aliphatic carboxylic acids is 1. The highest BCUT2D eigenvalue weighted by atomic mass is 16.6. The minimum Gasteiger partial charge on any atom is -0.481 e. The Hall–Kier alpha value is -2.44. The van der Waals surface area contributed by atoms with E-state index >= 15 is 0 Å². The van der Waals surface area contributed by atoms with Gasteiger partial charge < -0.3 is 5.11 Å². The Kier molecular flexibility index (Phi) is 2.28. The lowest BCUT2D eigenvalue weighted by molar-refractivity contribution is -0.383. The van der Waals surface area contributed by atoms with Gasteiger partial charge in [0.25, 0.3) is 5.69 Å². The van der Waals surface area contributed by atoms with Crippen LogP contribution in [0, 0.1) is 10.1 Å². The summed E-state index contributed by atoms with van der Waals surface area (Å²) in [5.74, 6) is -1.02. The van der Waals surface area contributed by atoms with Crippen LogP contribution in [-0.4, -0.2) is 26.2 Å². The highest BCUT2D eigenvalue weighted by Crippen LogP contribution is 2.25. The predicted molar refractivity (Wildman–Crippen MR) is 54.1 cm³/mol. The fourth-order valence-electron chi connectivity index (χ4n) is 1.51. The molecule has 0 amide bonds. The van der Waals surface area contributed by atoms with Crippen molar-refractivity contribution < 1.29 is 14.8 Å². The highest BCUT2D eigenvalue weighted by molar-refractivity contribution is 5.91. The molecule has 0 spiro atoms.